The lowest BCUT2D eigenvalue weighted by molar-refractivity contribution is -0.137. The van der Waals surface area contributed by atoms with E-state index in [4.69, 9.17) is 4.42 Å². The summed E-state index contributed by atoms with van der Waals surface area (Å²) >= 11 is 0. The summed E-state index contributed by atoms with van der Waals surface area (Å²) in [6, 6.07) is 53.6. The van der Waals surface area contributed by atoms with Crippen molar-refractivity contribution in [2.24, 2.45) is 0 Å². The predicted molar refractivity (Wildman–Crippen MR) is 238 cm³/mol. The van der Waals surface area contributed by atoms with Crippen molar-refractivity contribution in [1.29, 1.82) is 0 Å². The van der Waals surface area contributed by atoms with Gasteiger partial charge in [-0.3, -0.25) is 0 Å². The summed E-state index contributed by atoms with van der Waals surface area (Å²) in [6.45, 7) is 6.36. The van der Waals surface area contributed by atoms with E-state index in [1.54, 1.807) is 12.1 Å². The van der Waals surface area contributed by atoms with Gasteiger partial charge < -0.3 is 4.42 Å². The second-order valence-corrected chi connectivity index (χ2v) is 14.6. The van der Waals surface area contributed by atoms with Crippen LogP contribution in [0.25, 0.3) is 111 Å². The number of fused-ring (bicyclic) bond motifs is 6. The molecule has 0 N–H and O–H groups in total. The zero-order valence-electron chi connectivity index (χ0n) is 31.6. The largest absolute Gasteiger partial charge is 0.455 e. The lowest BCUT2D eigenvalue weighted by Crippen LogP contribution is -2.04. The van der Waals surface area contributed by atoms with Gasteiger partial charge in [-0.15, -0.1) is 0 Å². The normalized spacial score (nSPS) is 12.1. The van der Waals surface area contributed by atoms with Crippen molar-refractivity contribution in [3.63, 3.8) is 0 Å². The number of halogens is 3. The number of alkyl halides is 3. The zero-order valence-corrected chi connectivity index (χ0v) is 31.6. The van der Waals surface area contributed by atoms with Gasteiger partial charge in [0, 0.05) is 21.9 Å². The van der Waals surface area contributed by atoms with Gasteiger partial charge in [-0.05, 0) is 108 Å². The Morgan fingerprint density at radius 3 is 1.53 bits per heavy atom. The third-order valence-electron chi connectivity index (χ3n) is 11.4. The van der Waals surface area contributed by atoms with E-state index in [9.17, 15) is 13.2 Å². The summed E-state index contributed by atoms with van der Waals surface area (Å²) in [5.41, 5.74) is 11.1. The highest BCUT2D eigenvalue weighted by atomic mass is 19.4. The minimum absolute atomic E-state index is 0.665. The molecule has 0 bridgehead atoms. The molecule has 58 heavy (non-hydrogen) atoms. The monoisotopic (exact) mass is 756 g/mol. The van der Waals surface area contributed by atoms with E-state index in [1.807, 2.05) is 43.3 Å². The average molecular weight is 757 g/mol. The summed E-state index contributed by atoms with van der Waals surface area (Å²) in [5, 5.41) is 8.24. The van der Waals surface area contributed by atoms with E-state index in [-0.39, 0.29) is 0 Å². The number of benzene rings is 9. The molecule has 10 rings (SSSR count). The summed E-state index contributed by atoms with van der Waals surface area (Å²) in [7, 11) is 0. The number of hydrogen-bond acceptors (Lipinski definition) is 1. The topological polar surface area (TPSA) is 13.1 Å². The Balaban J connectivity index is 1.21. The summed E-state index contributed by atoms with van der Waals surface area (Å²) < 4.78 is 47.5. The van der Waals surface area contributed by atoms with Crippen LogP contribution in [0.2, 0.25) is 0 Å². The van der Waals surface area contributed by atoms with Gasteiger partial charge in [0.1, 0.15) is 11.2 Å². The molecule has 1 heterocycles. The Morgan fingerprint density at radius 1 is 0.466 bits per heavy atom. The highest BCUT2D eigenvalue weighted by molar-refractivity contribution is 6.23. The molecule has 0 fully saturated rings. The Labute approximate surface area is 333 Å². The molecule has 0 atom stereocenters. The van der Waals surface area contributed by atoms with Gasteiger partial charge in [-0.2, -0.15) is 13.2 Å². The molecule has 0 aliphatic heterocycles. The van der Waals surface area contributed by atoms with Crippen LogP contribution in [0.15, 0.2) is 181 Å². The van der Waals surface area contributed by atoms with Crippen molar-refractivity contribution in [2.45, 2.75) is 13.1 Å². The van der Waals surface area contributed by atoms with Crippen molar-refractivity contribution in [3.05, 3.63) is 193 Å². The average Bonchev–Trinajstić information content (AvgIpc) is 3.63. The number of allylic oxidation sites excluding steroid dienone is 1. The standard InChI is InChI=1S/C54H35F3O/c1-3-15-38-37(4-2)49(33-16-6-5-7-17-33)43-22-12-13-23-44(43)52(38)46-25-14-24-45-47-32-35(28-31-48(47)58-53(45)46)51-41-20-10-8-18-39(41)50(40-19-9-11-21-42(40)51)34-26-29-36(30-27-34)54(55,56)57/h3-32H,2H2,1H3/b15-3-. The van der Waals surface area contributed by atoms with Crippen LogP contribution in [0.5, 0.6) is 0 Å². The molecule has 1 aromatic heterocycles. The first-order valence-electron chi connectivity index (χ1n) is 19.3. The number of rotatable bonds is 6. The SMILES string of the molecule is C=Cc1c(/C=C\C)c(-c2cccc3c2oc2ccc(-c4c5ccccc5c(-c5ccc(C(F)(F)F)cc5)c5ccccc45)cc23)c2ccccc2c1-c1ccccc1. The maximum absolute atomic E-state index is 13.6. The fraction of sp³-hybridized carbons (Fsp3) is 0.0370. The van der Waals surface area contributed by atoms with Gasteiger partial charge in [0.2, 0.25) is 0 Å². The lowest BCUT2D eigenvalue weighted by atomic mass is 9.83. The van der Waals surface area contributed by atoms with Crippen molar-refractivity contribution in [3.8, 4) is 44.5 Å². The maximum Gasteiger partial charge on any atom is 0.416 e. The molecule has 0 aliphatic rings. The molecule has 0 radical (unpaired) electrons. The van der Waals surface area contributed by atoms with Gasteiger partial charge >= 0.3 is 6.18 Å². The molecule has 278 valence electrons. The molecular weight excluding hydrogens is 722 g/mol. The fourth-order valence-electron chi connectivity index (χ4n) is 8.96. The third kappa shape index (κ3) is 5.55. The highest BCUT2D eigenvalue weighted by Crippen LogP contribution is 2.48. The zero-order chi connectivity index (χ0) is 39.5. The minimum Gasteiger partial charge on any atom is -0.455 e. The number of hydrogen-bond donors (Lipinski definition) is 0. The Bertz CT molecular complexity index is 3220. The van der Waals surface area contributed by atoms with Gasteiger partial charge in [-0.1, -0.05) is 164 Å². The second-order valence-electron chi connectivity index (χ2n) is 14.6. The van der Waals surface area contributed by atoms with E-state index in [0.29, 0.717) is 0 Å². The van der Waals surface area contributed by atoms with Crippen LogP contribution in [-0.2, 0) is 6.18 Å². The number of furan rings is 1. The van der Waals surface area contributed by atoms with Crippen molar-refractivity contribution >= 4 is 66.4 Å². The van der Waals surface area contributed by atoms with Crippen LogP contribution in [-0.4, -0.2) is 0 Å². The van der Waals surface area contributed by atoms with E-state index in [0.717, 1.165) is 110 Å². The van der Waals surface area contributed by atoms with E-state index < -0.39 is 11.7 Å². The second kappa shape index (κ2) is 13.8. The third-order valence-corrected chi connectivity index (χ3v) is 11.4. The van der Waals surface area contributed by atoms with E-state index >= 15 is 0 Å². The van der Waals surface area contributed by atoms with Crippen LogP contribution < -0.4 is 0 Å². The molecule has 1 nitrogen and oxygen atoms in total. The molecule has 0 saturated heterocycles. The molecule has 0 spiro atoms. The van der Waals surface area contributed by atoms with Gasteiger partial charge in [0.05, 0.1) is 5.56 Å². The van der Waals surface area contributed by atoms with Crippen LogP contribution in [0.1, 0.15) is 23.6 Å². The maximum atomic E-state index is 13.6. The van der Waals surface area contributed by atoms with Crippen LogP contribution in [0.3, 0.4) is 0 Å². The van der Waals surface area contributed by atoms with E-state index in [1.165, 1.54) is 12.1 Å². The molecule has 4 heteroatoms. The Morgan fingerprint density at radius 2 is 0.966 bits per heavy atom. The first-order chi connectivity index (χ1) is 28.4. The quantitative estimate of drug-likeness (QED) is 0.154. The molecule has 0 amide bonds. The lowest BCUT2D eigenvalue weighted by Gasteiger charge is -2.20. The van der Waals surface area contributed by atoms with Crippen LogP contribution in [0.4, 0.5) is 13.2 Å². The van der Waals surface area contributed by atoms with Crippen LogP contribution in [0, 0.1) is 0 Å². The molecule has 0 unspecified atom stereocenters. The van der Waals surface area contributed by atoms with Gasteiger partial charge in [0.25, 0.3) is 0 Å². The summed E-state index contributed by atoms with van der Waals surface area (Å²) in [5.74, 6) is 0. The van der Waals surface area contributed by atoms with Gasteiger partial charge in [-0.25, -0.2) is 0 Å². The first-order valence-corrected chi connectivity index (χ1v) is 19.3. The predicted octanol–water partition coefficient (Wildman–Crippen LogP) is 16.4. The first kappa shape index (κ1) is 35.3. The highest BCUT2D eigenvalue weighted by Gasteiger charge is 2.30. The number of para-hydroxylation sites is 1. The minimum atomic E-state index is -4.41. The van der Waals surface area contributed by atoms with E-state index in [2.05, 4.69) is 128 Å². The van der Waals surface area contributed by atoms with Gasteiger partial charge in [0.15, 0.2) is 0 Å². The fourth-order valence-corrected chi connectivity index (χ4v) is 8.96. The summed E-state index contributed by atoms with van der Waals surface area (Å²) in [6.07, 6.45) is 1.82. The molecular formula is C54H35F3O. The van der Waals surface area contributed by atoms with Crippen molar-refractivity contribution in [2.75, 3.05) is 0 Å². The van der Waals surface area contributed by atoms with Crippen molar-refractivity contribution < 1.29 is 17.6 Å². The molecule has 0 saturated carbocycles. The molecule has 9 aromatic carbocycles. The van der Waals surface area contributed by atoms with Crippen LogP contribution >= 0.6 is 0 Å². The smallest absolute Gasteiger partial charge is 0.416 e. The van der Waals surface area contributed by atoms with Crippen molar-refractivity contribution in [1.82, 2.24) is 0 Å². The molecule has 0 aliphatic carbocycles. The molecule has 10 aromatic rings. The Hall–Kier alpha value is -7.17. The Kier molecular flexibility index (Phi) is 8.38. The summed E-state index contributed by atoms with van der Waals surface area (Å²) in [4.78, 5) is 0.